The number of nitrogen functional groups attached to an aromatic ring is 1. The minimum atomic E-state index is -0.0261. The highest BCUT2D eigenvalue weighted by atomic mass is 16.3. The van der Waals surface area contributed by atoms with Crippen LogP contribution in [0.5, 0.6) is 0 Å². The molecule has 0 amide bonds. The summed E-state index contributed by atoms with van der Waals surface area (Å²) in [6.45, 7) is 8.26. The Kier molecular flexibility index (Phi) is 4.69. The second kappa shape index (κ2) is 5.82. The molecule has 5 nitrogen and oxygen atoms in total. The zero-order valence-electron chi connectivity index (χ0n) is 10.9. The molecule has 0 aromatic carbocycles. The van der Waals surface area contributed by atoms with Gasteiger partial charge in [-0.2, -0.15) is 0 Å². The van der Waals surface area contributed by atoms with Crippen molar-refractivity contribution in [3.8, 4) is 0 Å². The van der Waals surface area contributed by atoms with E-state index in [2.05, 4.69) is 15.3 Å². The molecular weight excluding hydrogens is 216 g/mol. The zero-order chi connectivity index (χ0) is 13.0. The molecule has 0 aliphatic rings. The minimum absolute atomic E-state index is 0.0261. The average molecular weight is 238 g/mol. The molecule has 0 aliphatic carbocycles. The standard InChI is InChI=1S/C12H22N4O/c1-7(2)9(5-17)16-12-10(8(3)4)11(13)14-6-15-12/h6-9,17H,5H2,1-4H3,(H3,13,14,15,16). The van der Waals surface area contributed by atoms with Crippen molar-refractivity contribution in [1.29, 1.82) is 0 Å². The molecule has 0 radical (unpaired) electrons. The first-order valence-electron chi connectivity index (χ1n) is 5.95. The number of anilines is 2. The van der Waals surface area contributed by atoms with Crippen molar-refractivity contribution in [3.63, 3.8) is 0 Å². The van der Waals surface area contributed by atoms with Crippen LogP contribution < -0.4 is 11.1 Å². The van der Waals surface area contributed by atoms with E-state index in [0.717, 1.165) is 11.4 Å². The van der Waals surface area contributed by atoms with Crippen LogP contribution in [0.2, 0.25) is 0 Å². The van der Waals surface area contributed by atoms with E-state index in [1.807, 2.05) is 27.7 Å². The number of aliphatic hydroxyl groups excluding tert-OH is 1. The van der Waals surface area contributed by atoms with E-state index >= 15 is 0 Å². The van der Waals surface area contributed by atoms with Crippen molar-refractivity contribution >= 4 is 11.6 Å². The third-order valence-electron chi connectivity index (χ3n) is 2.82. The van der Waals surface area contributed by atoms with Gasteiger partial charge in [-0.1, -0.05) is 27.7 Å². The van der Waals surface area contributed by atoms with E-state index in [0.29, 0.717) is 11.7 Å². The first kappa shape index (κ1) is 13.7. The van der Waals surface area contributed by atoms with Gasteiger partial charge in [0.2, 0.25) is 0 Å². The smallest absolute Gasteiger partial charge is 0.135 e. The highest BCUT2D eigenvalue weighted by Gasteiger charge is 2.18. The maximum Gasteiger partial charge on any atom is 0.135 e. The van der Waals surface area contributed by atoms with Crippen LogP contribution in [0.3, 0.4) is 0 Å². The van der Waals surface area contributed by atoms with Crippen LogP contribution in [-0.2, 0) is 0 Å². The number of hydrogen-bond acceptors (Lipinski definition) is 5. The summed E-state index contributed by atoms with van der Waals surface area (Å²) in [7, 11) is 0. The Hall–Kier alpha value is -1.36. The van der Waals surface area contributed by atoms with Gasteiger partial charge in [0.1, 0.15) is 18.0 Å². The molecule has 1 rings (SSSR count). The third kappa shape index (κ3) is 3.30. The van der Waals surface area contributed by atoms with Gasteiger partial charge in [0, 0.05) is 5.56 Å². The molecule has 0 saturated carbocycles. The molecule has 5 heteroatoms. The van der Waals surface area contributed by atoms with Crippen molar-refractivity contribution in [2.24, 2.45) is 5.92 Å². The summed E-state index contributed by atoms with van der Waals surface area (Å²) in [6.07, 6.45) is 1.44. The lowest BCUT2D eigenvalue weighted by molar-refractivity contribution is 0.249. The lowest BCUT2D eigenvalue weighted by Crippen LogP contribution is -2.30. The molecule has 17 heavy (non-hydrogen) atoms. The zero-order valence-corrected chi connectivity index (χ0v) is 10.9. The fourth-order valence-electron chi connectivity index (χ4n) is 1.69. The Balaban J connectivity index is 3.01. The predicted molar refractivity (Wildman–Crippen MR) is 69.9 cm³/mol. The van der Waals surface area contributed by atoms with Crippen LogP contribution >= 0.6 is 0 Å². The topological polar surface area (TPSA) is 84.1 Å². The van der Waals surface area contributed by atoms with Gasteiger partial charge in [0.25, 0.3) is 0 Å². The summed E-state index contributed by atoms with van der Waals surface area (Å²) in [5.74, 6) is 1.78. The van der Waals surface area contributed by atoms with Gasteiger partial charge in [-0.15, -0.1) is 0 Å². The molecule has 1 aromatic rings. The normalized spacial score (nSPS) is 13.1. The molecule has 0 saturated heterocycles. The van der Waals surface area contributed by atoms with Crippen LogP contribution in [0.25, 0.3) is 0 Å². The molecule has 0 fully saturated rings. The molecule has 0 aliphatic heterocycles. The van der Waals surface area contributed by atoms with E-state index < -0.39 is 0 Å². The van der Waals surface area contributed by atoms with Crippen LogP contribution in [0, 0.1) is 5.92 Å². The van der Waals surface area contributed by atoms with E-state index in [-0.39, 0.29) is 18.6 Å². The Labute approximate surface area is 102 Å². The molecule has 0 spiro atoms. The van der Waals surface area contributed by atoms with E-state index in [9.17, 15) is 5.11 Å². The van der Waals surface area contributed by atoms with Gasteiger partial charge in [-0.3, -0.25) is 0 Å². The summed E-state index contributed by atoms with van der Waals surface area (Å²) in [5, 5.41) is 12.6. The average Bonchev–Trinajstić information content (AvgIpc) is 2.24. The molecule has 0 bridgehead atoms. The molecule has 4 N–H and O–H groups in total. The van der Waals surface area contributed by atoms with Crippen molar-refractivity contribution in [2.75, 3.05) is 17.7 Å². The Bertz CT molecular complexity index is 366. The Morgan fingerprint density at radius 3 is 2.41 bits per heavy atom. The molecule has 1 atom stereocenters. The maximum atomic E-state index is 9.32. The Morgan fingerprint density at radius 2 is 1.94 bits per heavy atom. The maximum absolute atomic E-state index is 9.32. The second-order valence-electron chi connectivity index (χ2n) is 4.85. The van der Waals surface area contributed by atoms with Gasteiger partial charge in [-0.05, 0) is 11.8 Å². The molecular formula is C12H22N4O. The molecule has 1 heterocycles. The number of nitrogens with two attached hydrogens (primary N) is 1. The first-order chi connectivity index (χ1) is 7.97. The van der Waals surface area contributed by atoms with Gasteiger partial charge in [0.15, 0.2) is 0 Å². The van der Waals surface area contributed by atoms with Crippen molar-refractivity contribution in [1.82, 2.24) is 9.97 Å². The monoisotopic (exact) mass is 238 g/mol. The number of rotatable bonds is 5. The second-order valence-corrected chi connectivity index (χ2v) is 4.85. The molecule has 1 unspecified atom stereocenters. The highest BCUT2D eigenvalue weighted by molar-refractivity contribution is 5.57. The molecule has 96 valence electrons. The van der Waals surface area contributed by atoms with Gasteiger partial charge >= 0.3 is 0 Å². The number of hydrogen-bond donors (Lipinski definition) is 3. The summed E-state index contributed by atoms with van der Waals surface area (Å²) < 4.78 is 0. The summed E-state index contributed by atoms with van der Waals surface area (Å²) in [6, 6.07) is -0.0261. The van der Waals surface area contributed by atoms with Crippen LogP contribution in [0.4, 0.5) is 11.6 Å². The Morgan fingerprint density at radius 1 is 1.29 bits per heavy atom. The fourth-order valence-corrected chi connectivity index (χ4v) is 1.69. The van der Waals surface area contributed by atoms with E-state index in [1.54, 1.807) is 0 Å². The SMILES string of the molecule is CC(C)c1c(N)ncnc1NC(CO)C(C)C. The first-order valence-corrected chi connectivity index (χ1v) is 5.95. The lowest BCUT2D eigenvalue weighted by Gasteiger charge is -2.23. The van der Waals surface area contributed by atoms with Gasteiger partial charge < -0.3 is 16.2 Å². The quantitative estimate of drug-likeness (QED) is 0.725. The fraction of sp³-hybridized carbons (Fsp3) is 0.667. The van der Waals surface area contributed by atoms with E-state index in [4.69, 9.17) is 5.73 Å². The van der Waals surface area contributed by atoms with Gasteiger partial charge in [0.05, 0.1) is 12.6 Å². The lowest BCUT2D eigenvalue weighted by atomic mass is 10.0. The predicted octanol–water partition coefficient (Wildman–Crippen LogP) is 1.61. The summed E-state index contributed by atoms with van der Waals surface area (Å²) >= 11 is 0. The number of aromatic nitrogens is 2. The van der Waals surface area contributed by atoms with Gasteiger partial charge in [-0.25, -0.2) is 9.97 Å². The number of nitrogens with one attached hydrogen (secondary N) is 1. The largest absolute Gasteiger partial charge is 0.394 e. The summed E-state index contributed by atoms with van der Waals surface area (Å²) in [4.78, 5) is 8.22. The summed E-state index contributed by atoms with van der Waals surface area (Å²) in [5.41, 5.74) is 6.77. The van der Waals surface area contributed by atoms with Crippen molar-refractivity contribution in [2.45, 2.75) is 39.7 Å². The van der Waals surface area contributed by atoms with Crippen LogP contribution in [-0.4, -0.2) is 27.7 Å². The van der Waals surface area contributed by atoms with E-state index in [1.165, 1.54) is 6.33 Å². The number of nitrogens with zero attached hydrogens (tertiary/aromatic N) is 2. The number of aliphatic hydroxyl groups is 1. The van der Waals surface area contributed by atoms with Crippen molar-refractivity contribution in [3.05, 3.63) is 11.9 Å². The minimum Gasteiger partial charge on any atom is -0.394 e. The highest BCUT2D eigenvalue weighted by Crippen LogP contribution is 2.27. The van der Waals surface area contributed by atoms with Crippen LogP contribution in [0.15, 0.2) is 6.33 Å². The third-order valence-corrected chi connectivity index (χ3v) is 2.82. The molecule has 1 aromatic heterocycles. The van der Waals surface area contributed by atoms with Crippen molar-refractivity contribution < 1.29 is 5.11 Å². The van der Waals surface area contributed by atoms with Crippen LogP contribution in [0.1, 0.15) is 39.2 Å².